The van der Waals surface area contributed by atoms with Crippen LogP contribution >= 0.6 is 0 Å². The SMILES string of the molecule is COc1ccc(Cc2nc(-c3cccc(C)c3)no2)cc1OC. The first-order chi connectivity index (χ1) is 11.2. The zero-order valence-corrected chi connectivity index (χ0v) is 13.4. The maximum atomic E-state index is 5.36. The van der Waals surface area contributed by atoms with Crippen LogP contribution < -0.4 is 9.47 Å². The lowest BCUT2D eigenvalue weighted by Crippen LogP contribution is -1.94. The van der Waals surface area contributed by atoms with Gasteiger partial charge in [0.15, 0.2) is 11.5 Å². The first kappa shape index (κ1) is 15.1. The van der Waals surface area contributed by atoms with Crippen LogP contribution in [0.4, 0.5) is 0 Å². The van der Waals surface area contributed by atoms with Crippen molar-refractivity contribution in [1.29, 1.82) is 0 Å². The van der Waals surface area contributed by atoms with Gasteiger partial charge < -0.3 is 14.0 Å². The number of hydrogen-bond donors (Lipinski definition) is 0. The fourth-order valence-electron chi connectivity index (χ4n) is 2.39. The minimum Gasteiger partial charge on any atom is -0.493 e. The highest BCUT2D eigenvalue weighted by molar-refractivity contribution is 5.55. The number of ether oxygens (including phenoxy) is 2. The van der Waals surface area contributed by atoms with Gasteiger partial charge in [-0.2, -0.15) is 4.98 Å². The van der Waals surface area contributed by atoms with Crippen LogP contribution in [0.15, 0.2) is 47.0 Å². The van der Waals surface area contributed by atoms with Gasteiger partial charge >= 0.3 is 0 Å². The summed E-state index contributed by atoms with van der Waals surface area (Å²) >= 11 is 0. The Labute approximate surface area is 134 Å². The minimum atomic E-state index is 0.541. The van der Waals surface area contributed by atoms with E-state index in [0.717, 1.165) is 16.7 Å². The smallest absolute Gasteiger partial charge is 0.231 e. The molecule has 0 aliphatic heterocycles. The van der Waals surface area contributed by atoms with Crippen LogP contribution in [0, 0.1) is 6.92 Å². The van der Waals surface area contributed by atoms with E-state index in [1.165, 1.54) is 0 Å². The molecule has 5 nitrogen and oxygen atoms in total. The van der Waals surface area contributed by atoms with E-state index in [1.807, 2.05) is 49.4 Å². The van der Waals surface area contributed by atoms with Crippen molar-refractivity contribution in [3.8, 4) is 22.9 Å². The summed E-state index contributed by atoms with van der Waals surface area (Å²) < 4.78 is 15.9. The van der Waals surface area contributed by atoms with Crippen LogP contribution in [0.1, 0.15) is 17.0 Å². The number of rotatable bonds is 5. The van der Waals surface area contributed by atoms with Crippen LogP contribution in [0.2, 0.25) is 0 Å². The van der Waals surface area contributed by atoms with Gasteiger partial charge in [0.2, 0.25) is 11.7 Å². The summed E-state index contributed by atoms with van der Waals surface area (Å²) in [6, 6.07) is 13.8. The maximum Gasteiger partial charge on any atom is 0.231 e. The average molecular weight is 310 g/mol. The molecule has 0 bridgehead atoms. The molecule has 3 aromatic rings. The van der Waals surface area contributed by atoms with Gasteiger partial charge in [0.25, 0.3) is 0 Å². The predicted molar refractivity (Wildman–Crippen MR) is 86.8 cm³/mol. The third-order valence-electron chi connectivity index (χ3n) is 3.55. The molecule has 0 aliphatic rings. The quantitative estimate of drug-likeness (QED) is 0.720. The molecule has 1 aromatic heterocycles. The molecule has 2 aromatic carbocycles. The Bertz CT molecular complexity index is 812. The van der Waals surface area contributed by atoms with Gasteiger partial charge in [-0.25, -0.2) is 0 Å². The second-order valence-corrected chi connectivity index (χ2v) is 5.25. The van der Waals surface area contributed by atoms with E-state index in [0.29, 0.717) is 29.6 Å². The molecule has 1 heterocycles. The van der Waals surface area contributed by atoms with Crippen LogP contribution in [0.25, 0.3) is 11.4 Å². The summed E-state index contributed by atoms with van der Waals surface area (Å²) in [5, 5.41) is 4.06. The third kappa shape index (κ3) is 3.34. The molecule has 0 atom stereocenters. The molecule has 0 N–H and O–H groups in total. The maximum absolute atomic E-state index is 5.36. The van der Waals surface area contributed by atoms with E-state index >= 15 is 0 Å². The highest BCUT2D eigenvalue weighted by Crippen LogP contribution is 2.28. The molecule has 5 heteroatoms. The van der Waals surface area contributed by atoms with E-state index in [-0.39, 0.29) is 0 Å². The molecule has 0 saturated heterocycles. The fourth-order valence-corrected chi connectivity index (χ4v) is 2.39. The largest absolute Gasteiger partial charge is 0.493 e. The number of aryl methyl sites for hydroxylation is 1. The second-order valence-electron chi connectivity index (χ2n) is 5.25. The van der Waals surface area contributed by atoms with Gasteiger partial charge in [0, 0.05) is 5.56 Å². The zero-order valence-electron chi connectivity index (χ0n) is 13.4. The van der Waals surface area contributed by atoms with Crippen molar-refractivity contribution in [1.82, 2.24) is 10.1 Å². The summed E-state index contributed by atoms with van der Waals surface area (Å²) in [7, 11) is 3.23. The molecule has 0 unspecified atom stereocenters. The van der Waals surface area contributed by atoms with Crippen LogP contribution in [0.3, 0.4) is 0 Å². The van der Waals surface area contributed by atoms with E-state index in [4.69, 9.17) is 14.0 Å². The van der Waals surface area contributed by atoms with Crippen LogP contribution in [-0.2, 0) is 6.42 Å². The van der Waals surface area contributed by atoms with Gasteiger partial charge in [-0.1, -0.05) is 35.0 Å². The molecule has 0 fully saturated rings. The Hall–Kier alpha value is -2.82. The molecule has 3 rings (SSSR count). The molecule has 0 radical (unpaired) electrons. The first-order valence-electron chi connectivity index (χ1n) is 7.30. The summed E-state index contributed by atoms with van der Waals surface area (Å²) in [5.41, 5.74) is 3.13. The summed E-state index contributed by atoms with van der Waals surface area (Å²) in [5.74, 6) is 2.54. The van der Waals surface area contributed by atoms with Crippen molar-refractivity contribution in [3.05, 3.63) is 59.5 Å². The predicted octanol–water partition coefficient (Wildman–Crippen LogP) is 3.65. The molecule has 118 valence electrons. The van der Waals surface area contributed by atoms with Gasteiger partial charge in [-0.3, -0.25) is 0 Å². The number of methoxy groups -OCH3 is 2. The number of hydrogen-bond acceptors (Lipinski definition) is 5. The number of aromatic nitrogens is 2. The highest BCUT2D eigenvalue weighted by Gasteiger charge is 2.11. The van der Waals surface area contributed by atoms with E-state index < -0.39 is 0 Å². The Kier molecular flexibility index (Phi) is 4.28. The van der Waals surface area contributed by atoms with Crippen LogP contribution in [-0.4, -0.2) is 24.4 Å². The number of nitrogens with zero attached hydrogens (tertiary/aromatic N) is 2. The van der Waals surface area contributed by atoms with Gasteiger partial charge in [-0.05, 0) is 30.7 Å². The topological polar surface area (TPSA) is 57.4 Å². The van der Waals surface area contributed by atoms with Crippen LogP contribution in [0.5, 0.6) is 11.5 Å². The van der Waals surface area contributed by atoms with Gasteiger partial charge in [0.05, 0.1) is 20.6 Å². The molecule has 0 saturated carbocycles. The van der Waals surface area contributed by atoms with Crippen molar-refractivity contribution in [3.63, 3.8) is 0 Å². The lowest BCUT2D eigenvalue weighted by molar-refractivity contribution is 0.354. The zero-order chi connectivity index (χ0) is 16.2. The average Bonchev–Trinajstić information content (AvgIpc) is 3.03. The highest BCUT2D eigenvalue weighted by atomic mass is 16.5. The Balaban J connectivity index is 1.82. The fraction of sp³-hybridized carbons (Fsp3) is 0.222. The van der Waals surface area contributed by atoms with Gasteiger partial charge in [-0.15, -0.1) is 0 Å². The minimum absolute atomic E-state index is 0.541. The van der Waals surface area contributed by atoms with Crippen molar-refractivity contribution in [2.24, 2.45) is 0 Å². The molecule has 0 spiro atoms. The van der Waals surface area contributed by atoms with Crippen molar-refractivity contribution < 1.29 is 14.0 Å². The summed E-state index contributed by atoms with van der Waals surface area (Å²) in [6.45, 7) is 2.04. The van der Waals surface area contributed by atoms with Gasteiger partial charge in [0.1, 0.15) is 0 Å². The second kappa shape index (κ2) is 6.52. The third-order valence-corrected chi connectivity index (χ3v) is 3.55. The lowest BCUT2D eigenvalue weighted by Gasteiger charge is -2.08. The van der Waals surface area contributed by atoms with E-state index in [1.54, 1.807) is 14.2 Å². The molecule has 0 aliphatic carbocycles. The Morgan fingerprint density at radius 2 is 1.83 bits per heavy atom. The monoisotopic (exact) mass is 310 g/mol. The Morgan fingerprint density at radius 1 is 1.00 bits per heavy atom. The summed E-state index contributed by atoms with van der Waals surface area (Å²) in [6.07, 6.45) is 0.541. The first-order valence-corrected chi connectivity index (χ1v) is 7.30. The Morgan fingerprint density at radius 3 is 2.57 bits per heavy atom. The standard InChI is InChI=1S/C18H18N2O3/c1-12-5-4-6-14(9-12)18-19-17(23-20-18)11-13-7-8-15(21-2)16(10-13)22-3/h4-10H,11H2,1-3H3. The van der Waals surface area contributed by atoms with E-state index in [2.05, 4.69) is 10.1 Å². The molecule has 0 amide bonds. The molecular weight excluding hydrogens is 292 g/mol. The van der Waals surface area contributed by atoms with E-state index in [9.17, 15) is 0 Å². The normalized spacial score (nSPS) is 10.6. The lowest BCUT2D eigenvalue weighted by atomic mass is 10.1. The van der Waals surface area contributed by atoms with Crippen molar-refractivity contribution in [2.45, 2.75) is 13.3 Å². The molecular formula is C18H18N2O3. The molecule has 23 heavy (non-hydrogen) atoms. The number of benzene rings is 2. The van der Waals surface area contributed by atoms with Crippen molar-refractivity contribution in [2.75, 3.05) is 14.2 Å². The van der Waals surface area contributed by atoms with Crippen molar-refractivity contribution >= 4 is 0 Å². The summed E-state index contributed by atoms with van der Waals surface area (Å²) in [4.78, 5) is 4.47.